The van der Waals surface area contributed by atoms with E-state index in [1.165, 1.54) is 11.3 Å². The van der Waals surface area contributed by atoms with E-state index in [1.807, 2.05) is 11.3 Å². The Kier molecular flexibility index (Phi) is 4.26. The fourth-order valence-corrected chi connectivity index (χ4v) is 2.40. The van der Waals surface area contributed by atoms with Crippen molar-refractivity contribution in [3.05, 3.63) is 22.4 Å². The molecule has 0 fully saturated rings. The maximum Gasteiger partial charge on any atom is 0.0501 e. The third-order valence-corrected chi connectivity index (χ3v) is 3.92. The van der Waals surface area contributed by atoms with Gasteiger partial charge in [0.1, 0.15) is 0 Å². The average molecular weight is 248 g/mol. The molecule has 0 aromatic carbocycles. The number of hydrogen-bond donors (Lipinski definition) is 0. The summed E-state index contributed by atoms with van der Waals surface area (Å²) < 4.78 is 0. The van der Waals surface area contributed by atoms with Gasteiger partial charge >= 0.3 is 0 Å². The summed E-state index contributed by atoms with van der Waals surface area (Å²) >= 11 is 5.49. The third kappa shape index (κ3) is 3.25. The first-order valence-corrected chi connectivity index (χ1v) is 5.82. The van der Waals surface area contributed by atoms with Crippen molar-refractivity contribution in [1.82, 2.24) is 4.90 Å². The lowest BCUT2D eigenvalue weighted by atomic mass is 10.2. The van der Waals surface area contributed by atoms with Gasteiger partial charge in [0.25, 0.3) is 0 Å². The number of thiophene rings is 1. The molecule has 1 aromatic rings. The molecule has 1 aromatic heterocycles. The molecule has 0 saturated heterocycles. The topological polar surface area (TPSA) is 3.24 Å². The minimum atomic E-state index is 0.528. The number of hydrogen-bond acceptors (Lipinski definition) is 2. The van der Waals surface area contributed by atoms with Gasteiger partial charge in [-0.15, -0.1) is 11.3 Å². The van der Waals surface area contributed by atoms with Crippen LogP contribution in [0.2, 0.25) is 0 Å². The van der Waals surface area contributed by atoms with Crippen LogP contribution < -0.4 is 0 Å². The zero-order valence-electron chi connectivity index (χ0n) is 7.46. The summed E-state index contributed by atoms with van der Waals surface area (Å²) in [5.74, 6) is 0. The van der Waals surface area contributed by atoms with E-state index >= 15 is 0 Å². The van der Waals surface area contributed by atoms with Gasteiger partial charge in [0.05, 0.1) is 4.83 Å². The molecule has 0 aliphatic rings. The van der Waals surface area contributed by atoms with Crippen LogP contribution in [-0.4, -0.2) is 25.5 Å². The van der Waals surface area contributed by atoms with Crippen LogP contribution in [0.1, 0.15) is 16.1 Å². The minimum absolute atomic E-state index is 0.528. The average Bonchev–Trinajstić information content (AvgIpc) is 2.51. The van der Waals surface area contributed by atoms with E-state index in [1.54, 1.807) is 0 Å². The Morgan fingerprint density at radius 2 is 2.33 bits per heavy atom. The zero-order valence-corrected chi connectivity index (χ0v) is 9.86. The molecule has 0 N–H and O–H groups in total. The predicted octanol–water partition coefficient (Wildman–Crippen LogP) is 3.14. The molecule has 0 aliphatic carbocycles. The molecule has 0 spiro atoms. The summed E-state index contributed by atoms with van der Waals surface area (Å²) in [6.07, 6.45) is 1.17. The summed E-state index contributed by atoms with van der Waals surface area (Å²) in [6, 6.07) is 4.28. The van der Waals surface area contributed by atoms with Crippen molar-refractivity contribution in [2.24, 2.45) is 0 Å². The number of rotatable bonds is 4. The molecular weight excluding hydrogens is 234 g/mol. The van der Waals surface area contributed by atoms with E-state index in [2.05, 4.69) is 52.4 Å². The van der Waals surface area contributed by atoms with Gasteiger partial charge in [0, 0.05) is 4.88 Å². The maximum atomic E-state index is 3.68. The number of nitrogens with zero attached hydrogens (tertiary/aromatic N) is 1. The van der Waals surface area contributed by atoms with Gasteiger partial charge in [-0.3, -0.25) is 0 Å². The highest BCUT2D eigenvalue weighted by Crippen LogP contribution is 2.29. The van der Waals surface area contributed by atoms with Crippen LogP contribution in [0, 0.1) is 0 Å². The van der Waals surface area contributed by atoms with Crippen LogP contribution in [0.25, 0.3) is 0 Å². The Bertz CT molecular complexity index is 208. The van der Waals surface area contributed by atoms with Crippen molar-refractivity contribution in [1.29, 1.82) is 0 Å². The minimum Gasteiger partial charge on any atom is -0.309 e. The zero-order chi connectivity index (χ0) is 8.97. The second kappa shape index (κ2) is 5.00. The molecule has 0 bridgehead atoms. The second-order valence-corrected chi connectivity index (χ2v) is 5.16. The number of halogens is 1. The lowest BCUT2D eigenvalue weighted by molar-refractivity contribution is 0.400. The van der Waals surface area contributed by atoms with Crippen molar-refractivity contribution < 1.29 is 0 Å². The highest BCUT2D eigenvalue weighted by atomic mass is 79.9. The van der Waals surface area contributed by atoms with E-state index in [4.69, 9.17) is 0 Å². The van der Waals surface area contributed by atoms with Gasteiger partial charge in [-0.25, -0.2) is 0 Å². The molecule has 1 atom stereocenters. The van der Waals surface area contributed by atoms with Crippen molar-refractivity contribution in [2.75, 3.05) is 20.6 Å². The first-order chi connectivity index (χ1) is 5.70. The normalized spacial score (nSPS) is 13.7. The van der Waals surface area contributed by atoms with E-state index < -0.39 is 0 Å². The number of alkyl halides is 1. The Hall–Kier alpha value is 0.140. The maximum absolute atomic E-state index is 3.68. The molecule has 1 heterocycles. The quantitative estimate of drug-likeness (QED) is 0.740. The van der Waals surface area contributed by atoms with E-state index in [9.17, 15) is 0 Å². The monoisotopic (exact) mass is 247 g/mol. The molecule has 1 unspecified atom stereocenters. The van der Waals surface area contributed by atoms with Crippen LogP contribution in [0.4, 0.5) is 0 Å². The fraction of sp³-hybridized carbons (Fsp3) is 0.556. The SMILES string of the molecule is CN(C)CCC(Br)c1cccs1. The molecule has 0 saturated carbocycles. The molecular formula is C9H14BrNS. The summed E-state index contributed by atoms with van der Waals surface area (Å²) in [4.78, 5) is 4.17. The molecule has 0 aliphatic heterocycles. The summed E-state index contributed by atoms with van der Waals surface area (Å²) in [5.41, 5.74) is 0. The fourth-order valence-electron chi connectivity index (χ4n) is 0.983. The molecule has 0 amide bonds. The van der Waals surface area contributed by atoms with Gasteiger partial charge in [-0.05, 0) is 38.5 Å². The van der Waals surface area contributed by atoms with E-state index in [0.29, 0.717) is 4.83 Å². The molecule has 3 heteroatoms. The largest absolute Gasteiger partial charge is 0.309 e. The first kappa shape index (κ1) is 10.2. The Balaban J connectivity index is 2.34. The molecule has 1 nitrogen and oxygen atoms in total. The smallest absolute Gasteiger partial charge is 0.0501 e. The van der Waals surface area contributed by atoms with E-state index in [-0.39, 0.29) is 0 Å². The van der Waals surface area contributed by atoms with E-state index in [0.717, 1.165) is 6.54 Å². The van der Waals surface area contributed by atoms with Crippen molar-refractivity contribution in [2.45, 2.75) is 11.2 Å². The Morgan fingerprint density at radius 1 is 1.58 bits per heavy atom. The lowest BCUT2D eigenvalue weighted by Gasteiger charge is -2.12. The molecule has 68 valence electrons. The third-order valence-electron chi connectivity index (χ3n) is 1.68. The van der Waals surface area contributed by atoms with Gasteiger partial charge in [-0.2, -0.15) is 0 Å². The van der Waals surface area contributed by atoms with Crippen LogP contribution in [0.3, 0.4) is 0 Å². The predicted molar refractivity (Wildman–Crippen MR) is 59.2 cm³/mol. The van der Waals surface area contributed by atoms with Crippen molar-refractivity contribution in [3.63, 3.8) is 0 Å². The van der Waals surface area contributed by atoms with Gasteiger partial charge in [0.2, 0.25) is 0 Å². The van der Waals surface area contributed by atoms with Crippen molar-refractivity contribution in [3.8, 4) is 0 Å². The van der Waals surface area contributed by atoms with Gasteiger partial charge in [0.15, 0.2) is 0 Å². The van der Waals surface area contributed by atoms with Crippen LogP contribution in [-0.2, 0) is 0 Å². The Labute approximate surface area is 86.5 Å². The highest BCUT2D eigenvalue weighted by molar-refractivity contribution is 9.09. The highest BCUT2D eigenvalue weighted by Gasteiger charge is 2.07. The van der Waals surface area contributed by atoms with Crippen LogP contribution in [0.15, 0.2) is 17.5 Å². The standard InChI is InChI=1S/C9H14BrNS/c1-11(2)6-5-8(10)9-4-3-7-12-9/h3-4,7-8H,5-6H2,1-2H3. The van der Waals surface area contributed by atoms with Crippen molar-refractivity contribution >= 4 is 27.3 Å². The Morgan fingerprint density at radius 3 is 2.83 bits per heavy atom. The summed E-state index contributed by atoms with van der Waals surface area (Å²) in [6.45, 7) is 1.13. The van der Waals surface area contributed by atoms with Gasteiger partial charge < -0.3 is 4.90 Å². The van der Waals surface area contributed by atoms with Crippen LogP contribution in [0.5, 0.6) is 0 Å². The second-order valence-electron chi connectivity index (χ2n) is 3.07. The van der Waals surface area contributed by atoms with Gasteiger partial charge in [-0.1, -0.05) is 22.0 Å². The molecule has 0 radical (unpaired) electrons. The first-order valence-electron chi connectivity index (χ1n) is 4.02. The molecule has 1 rings (SSSR count). The summed E-state index contributed by atoms with van der Waals surface area (Å²) in [7, 11) is 4.21. The van der Waals surface area contributed by atoms with Crippen LogP contribution >= 0.6 is 27.3 Å². The molecule has 12 heavy (non-hydrogen) atoms. The lowest BCUT2D eigenvalue weighted by Crippen LogP contribution is -2.14. The summed E-state index contributed by atoms with van der Waals surface area (Å²) in [5, 5.41) is 2.12.